The number of amides is 1. The number of benzene rings is 1. The number of rotatable bonds is 1. The third-order valence-electron chi connectivity index (χ3n) is 2.82. The van der Waals surface area contributed by atoms with Crippen LogP contribution in [0.15, 0.2) is 22.7 Å². The van der Waals surface area contributed by atoms with Crippen molar-refractivity contribution in [3.8, 4) is 0 Å². The number of piperazine rings is 1. The van der Waals surface area contributed by atoms with Gasteiger partial charge in [0.25, 0.3) is 5.91 Å². The maximum absolute atomic E-state index is 13.7. The maximum Gasteiger partial charge on any atom is 0.256 e. The van der Waals surface area contributed by atoms with E-state index < -0.39 is 5.82 Å². The van der Waals surface area contributed by atoms with Crippen molar-refractivity contribution in [2.75, 3.05) is 19.6 Å². The fourth-order valence-electron chi connectivity index (χ4n) is 1.95. The monoisotopic (exact) mass is 336 g/mol. The molecule has 1 aliphatic rings. The molecule has 18 heavy (non-hydrogen) atoms. The van der Waals surface area contributed by atoms with Crippen molar-refractivity contribution in [1.82, 2.24) is 10.2 Å². The highest BCUT2D eigenvalue weighted by Gasteiger charge is 2.23. The van der Waals surface area contributed by atoms with E-state index in [0.717, 1.165) is 6.54 Å². The largest absolute Gasteiger partial charge is 0.336 e. The first-order valence-electron chi connectivity index (χ1n) is 5.55. The lowest BCUT2D eigenvalue weighted by atomic mass is 10.1. The molecular formula is C12H15BrClFN2O. The summed E-state index contributed by atoms with van der Waals surface area (Å²) in [6.07, 6.45) is 0. The molecular weight excluding hydrogens is 322 g/mol. The molecule has 1 aliphatic heterocycles. The summed E-state index contributed by atoms with van der Waals surface area (Å²) in [6.45, 7) is 4.01. The molecule has 1 aromatic carbocycles. The molecule has 1 amide bonds. The SMILES string of the molecule is C[C@H]1CN(C(=O)c2ccc(Br)cc2F)CCN1.Cl. The van der Waals surface area contributed by atoms with E-state index in [2.05, 4.69) is 21.2 Å². The molecule has 0 aromatic heterocycles. The number of hydrogen-bond donors (Lipinski definition) is 1. The van der Waals surface area contributed by atoms with Crippen molar-refractivity contribution in [3.63, 3.8) is 0 Å². The summed E-state index contributed by atoms with van der Waals surface area (Å²) in [5, 5.41) is 3.25. The van der Waals surface area contributed by atoms with E-state index >= 15 is 0 Å². The van der Waals surface area contributed by atoms with E-state index in [1.165, 1.54) is 12.1 Å². The van der Waals surface area contributed by atoms with Crippen molar-refractivity contribution < 1.29 is 9.18 Å². The van der Waals surface area contributed by atoms with Crippen LogP contribution in [0.3, 0.4) is 0 Å². The summed E-state index contributed by atoms with van der Waals surface area (Å²) in [7, 11) is 0. The topological polar surface area (TPSA) is 32.3 Å². The molecule has 0 aliphatic carbocycles. The van der Waals surface area contributed by atoms with Crippen LogP contribution in [0.5, 0.6) is 0 Å². The van der Waals surface area contributed by atoms with Crippen LogP contribution in [-0.2, 0) is 0 Å². The molecule has 0 unspecified atom stereocenters. The van der Waals surface area contributed by atoms with Gasteiger partial charge in [0.2, 0.25) is 0 Å². The first-order chi connectivity index (χ1) is 8.08. The van der Waals surface area contributed by atoms with Crippen LogP contribution in [0.4, 0.5) is 4.39 Å². The molecule has 1 saturated heterocycles. The minimum Gasteiger partial charge on any atom is -0.336 e. The second-order valence-electron chi connectivity index (χ2n) is 4.23. The zero-order valence-corrected chi connectivity index (χ0v) is 12.4. The minimum absolute atomic E-state index is 0. The predicted octanol–water partition coefficient (Wildman–Crippen LogP) is 2.44. The maximum atomic E-state index is 13.7. The number of carbonyl (C=O) groups is 1. The van der Waals surface area contributed by atoms with Gasteiger partial charge in [-0.25, -0.2) is 4.39 Å². The average molecular weight is 338 g/mol. The van der Waals surface area contributed by atoms with Crippen LogP contribution < -0.4 is 5.32 Å². The van der Waals surface area contributed by atoms with Gasteiger partial charge in [-0.2, -0.15) is 0 Å². The summed E-state index contributed by atoms with van der Waals surface area (Å²) in [5.41, 5.74) is 0.141. The Morgan fingerprint density at radius 2 is 2.28 bits per heavy atom. The van der Waals surface area contributed by atoms with Gasteiger partial charge in [-0.1, -0.05) is 15.9 Å². The van der Waals surface area contributed by atoms with Crippen molar-refractivity contribution in [2.24, 2.45) is 0 Å². The molecule has 3 nitrogen and oxygen atoms in total. The normalized spacial score (nSPS) is 19.3. The van der Waals surface area contributed by atoms with Gasteiger partial charge in [-0.15, -0.1) is 12.4 Å². The zero-order chi connectivity index (χ0) is 12.4. The Labute approximate surface area is 120 Å². The van der Waals surface area contributed by atoms with Crippen LogP contribution in [0.1, 0.15) is 17.3 Å². The van der Waals surface area contributed by atoms with Crippen molar-refractivity contribution >= 4 is 34.2 Å². The van der Waals surface area contributed by atoms with Crippen LogP contribution in [-0.4, -0.2) is 36.5 Å². The third-order valence-corrected chi connectivity index (χ3v) is 3.31. The van der Waals surface area contributed by atoms with E-state index in [1.54, 1.807) is 11.0 Å². The van der Waals surface area contributed by atoms with Gasteiger partial charge in [-0.05, 0) is 25.1 Å². The first kappa shape index (κ1) is 15.4. The fraction of sp³-hybridized carbons (Fsp3) is 0.417. The molecule has 0 radical (unpaired) electrons. The van der Waals surface area contributed by atoms with Gasteiger partial charge < -0.3 is 10.2 Å². The minimum atomic E-state index is -0.476. The molecule has 2 rings (SSSR count). The van der Waals surface area contributed by atoms with Crippen LogP contribution >= 0.6 is 28.3 Å². The summed E-state index contributed by atoms with van der Waals surface area (Å²) >= 11 is 3.18. The number of halogens is 3. The van der Waals surface area contributed by atoms with Gasteiger partial charge in [0.05, 0.1) is 5.56 Å². The number of carbonyl (C=O) groups excluding carboxylic acids is 1. The second kappa shape index (κ2) is 6.50. The Morgan fingerprint density at radius 3 is 2.89 bits per heavy atom. The van der Waals surface area contributed by atoms with Crippen LogP contribution in [0.2, 0.25) is 0 Å². The predicted molar refractivity (Wildman–Crippen MR) is 74.7 cm³/mol. The van der Waals surface area contributed by atoms with E-state index in [4.69, 9.17) is 0 Å². The summed E-state index contributed by atoms with van der Waals surface area (Å²) in [6, 6.07) is 4.78. The van der Waals surface area contributed by atoms with Crippen molar-refractivity contribution in [2.45, 2.75) is 13.0 Å². The highest BCUT2D eigenvalue weighted by Crippen LogP contribution is 2.17. The number of nitrogens with zero attached hydrogens (tertiary/aromatic N) is 1. The Bertz CT molecular complexity index is 444. The molecule has 1 aromatic rings. The Hall–Kier alpha value is -0.650. The quantitative estimate of drug-likeness (QED) is 0.854. The zero-order valence-electron chi connectivity index (χ0n) is 9.95. The highest BCUT2D eigenvalue weighted by molar-refractivity contribution is 9.10. The molecule has 0 saturated carbocycles. The van der Waals surface area contributed by atoms with Gasteiger partial charge in [0, 0.05) is 30.1 Å². The average Bonchev–Trinajstić information content (AvgIpc) is 2.28. The second-order valence-corrected chi connectivity index (χ2v) is 5.15. The summed E-state index contributed by atoms with van der Waals surface area (Å²) < 4.78 is 14.3. The van der Waals surface area contributed by atoms with Crippen molar-refractivity contribution in [1.29, 1.82) is 0 Å². The molecule has 1 fully saturated rings. The molecule has 100 valence electrons. The lowest BCUT2D eigenvalue weighted by Crippen LogP contribution is -2.51. The number of hydrogen-bond acceptors (Lipinski definition) is 2. The van der Waals surface area contributed by atoms with Gasteiger partial charge in [0.15, 0.2) is 0 Å². The molecule has 1 N–H and O–H groups in total. The van der Waals surface area contributed by atoms with Crippen LogP contribution in [0, 0.1) is 5.82 Å². The lowest BCUT2D eigenvalue weighted by Gasteiger charge is -2.32. The molecule has 6 heteroatoms. The van der Waals surface area contributed by atoms with E-state index in [0.29, 0.717) is 17.6 Å². The van der Waals surface area contributed by atoms with Crippen LogP contribution in [0.25, 0.3) is 0 Å². The number of nitrogens with one attached hydrogen (secondary N) is 1. The lowest BCUT2D eigenvalue weighted by molar-refractivity contribution is 0.0704. The van der Waals surface area contributed by atoms with E-state index in [9.17, 15) is 9.18 Å². The summed E-state index contributed by atoms with van der Waals surface area (Å²) in [5.74, 6) is -0.709. The Morgan fingerprint density at radius 1 is 1.56 bits per heavy atom. The van der Waals surface area contributed by atoms with Gasteiger partial charge >= 0.3 is 0 Å². The van der Waals surface area contributed by atoms with Gasteiger partial charge in [0.1, 0.15) is 5.82 Å². The van der Waals surface area contributed by atoms with Gasteiger partial charge in [-0.3, -0.25) is 4.79 Å². The Kier molecular flexibility index (Phi) is 5.56. The fourth-order valence-corrected chi connectivity index (χ4v) is 2.28. The first-order valence-corrected chi connectivity index (χ1v) is 6.35. The molecule has 1 heterocycles. The molecule has 1 atom stereocenters. The smallest absolute Gasteiger partial charge is 0.256 e. The summed E-state index contributed by atoms with van der Waals surface area (Å²) in [4.78, 5) is 13.8. The highest BCUT2D eigenvalue weighted by atomic mass is 79.9. The molecule has 0 bridgehead atoms. The van der Waals surface area contributed by atoms with Crippen molar-refractivity contribution in [3.05, 3.63) is 34.1 Å². The van der Waals surface area contributed by atoms with E-state index in [1.807, 2.05) is 6.92 Å². The third kappa shape index (κ3) is 3.43. The Balaban J connectivity index is 0.00000162. The van der Waals surface area contributed by atoms with E-state index in [-0.39, 0.29) is 29.9 Å². The standard InChI is InChI=1S/C12H14BrFN2O.ClH/c1-8-7-16(5-4-15-8)12(17)10-3-2-9(13)6-11(10)14;/h2-3,6,8,15H,4-5,7H2,1H3;1H/t8-;/m0./s1. The molecule has 0 spiro atoms.